The molecule has 0 saturated heterocycles. The summed E-state index contributed by atoms with van der Waals surface area (Å²) in [6.07, 6.45) is 1.27. The van der Waals surface area contributed by atoms with Gasteiger partial charge in [-0.15, -0.1) is 11.3 Å². The number of carbonyl (C=O) groups excluding carboxylic acids is 3. The van der Waals surface area contributed by atoms with Gasteiger partial charge in [-0.2, -0.15) is 4.68 Å². The summed E-state index contributed by atoms with van der Waals surface area (Å²) >= 11 is 0.842. The van der Waals surface area contributed by atoms with E-state index in [1.54, 1.807) is 0 Å². The summed E-state index contributed by atoms with van der Waals surface area (Å²) in [5, 5.41) is 16.8. The Morgan fingerprint density at radius 1 is 1.48 bits per heavy atom. The normalized spacial score (nSPS) is 10.3. The van der Waals surface area contributed by atoms with Crippen molar-refractivity contribution in [1.29, 1.82) is 0 Å². The Morgan fingerprint density at radius 2 is 2.16 bits per heavy atom. The quantitative estimate of drug-likeness (QED) is 0.431. The van der Waals surface area contributed by atoms with Crippen LogP contribution in [0, 0.1) is 17.0 Å². The zero-order valence-electron chi connectivity index (χ0n) is 13.1. The highest BCUT2D eigenvalue weighted by Crippen LogP contribution is 2.33. The van der Waals surface area contributed by atoms with E-state index in [9.17, 15) is 24.5 Å². The number of thiophene rings is 1. The third-order valence-electron chi connectivity index (χ3n) is 3.13. The summed E-state index contributed by atoms with van der Waals surface area (Å²) in [4.78, 5) is 45.5. The average molecular weight is 367 g/mol. The van der Waals surface area contributed by atoms with E-state index >= 15 is 0 Å². The molecule has 0 aliphatic heterocycles. The molecule has 0 radical (unpaired) electrons. The van der Waals surface area contributed by atoms with Crippen molar-refractivity contribution in [2.75, 3.05) is 12.4 Å². The van der Waals surface area contributed by atoms with Crippen molar-refractivity contribution in [1.82, 2.24) is 9.78 Å². The molecule has 0 fully saturated rings. The van der Waals surface area contributed by atoms with Gasteiger partial charge in [-0.3, -0.25) is 9.59 Å². The number of rotatable bonds is 6. The maximum absolute atomic E-state index is 12.1. The first-order valence-corrected chi connectivity index (χ1v) is 7.55. The Labute approximate surface area is 144 Å². The number of hydrogen-bond acceptors (Lipinski definition) is 8. The lowest BCUT2D eigenvalue weighted by molar-refractivity contribution is -0.389. The van der Waals surface area contributed by atoms with E-state index in [2.05, 4.69) is 15.2 Å². The van der Waals surface area contributed by atoms with Crippen LogP contribution in [0.15, 0.2) is 12.3 Å². The number of amides is 2. The van der Waals surface area contributed by atoms with Crippen LogP contribution in [0.25, 0.3) is 0 Å². The number of anilines is 1. The van der Waals surface area contributed by atoms with E-state index in [0.717, 1.165) is 29.2 Å². The van der Waals surface area contributed by atoms with Crippen LogP contribution in [0.5, 0.6) is 0 Å². The molecule has 0 aliphatic rings. The smallest absolute Gasteiger partial charge is 0.389 e. The molecular weight excluding hydrogens is 354 g/mol. The molecule has 0 spiro atoms. The number of nitrogens with zero attached hydrogens (tertiary/aromatic N) is 3. The van der Waals surface area contributed by atoms with E-state index in [4.69, 9.17) is 5.73 Å². The van der Waals surface area contributed by atoms with Crippen molar-refractivity contribution in [3.8, 4) is 0 Å². The van der Waals surface area contributed by atoms with E-state index in [0.29, 0.717) is 5.56 Å². The van der Waals surface area contributed by atoms with E-state index < -0.39 is 28.5 Å². The monoisotopic (exact) mass is 367 g/mol. The van der Waals surface area contributed by atoms with E-state index in [-0.39, 0.29) is 22.0 Å². The van der Waals surface area contributed by atoms with Crippen LogP contribution in [-0.4, -0.2) is 39.6 Å². The SMILES string of the molecule is COC(=O)c1c(NC(=O)Cn2ccc([N+](=O)[O-])n2)sc(C(N)=O)c1C. The lowest BCUT2D eigenvalue weighted by Gasteiger charge is -2.05. The predicted molar refractivity (Wildman–Crippen MR) is 86.4 cm³/mol. The van der Waals surface area contributed by atoms with Crippen LogP contribution in [0.2, 0.25) is 0 Å². The summed E-state index contributed by atoms with van der Waals surface area (Å²) < 4.78 is 5.72. The molecule has 2 aromatic heterocycles. The van der Waals surface area contributed by atoms with Crippen LogP contribution >= 0.6 is 11.3 Å². The van der Waals surface area contributed by atoms with Crippen molar-refractivity contribution in [2.45, 2.75) is 13.5 Å². The highest BCUT2D eigenvalue weighted by molar-refractivity contribution is 7.18. The Morgan fingerprint density at radius 3 is 2.68 bits per heavy atom. The lowest BCUT2D eigenvalue weighted by Crippen LogP contribution is -2.20. The number of primary amides is 1. The molecule has 0 saturated carbocycles. The van der Waals surface area contributed by atoms with Crippen molar-refractivity contribution in [3.05, 3.63) is 38.4 Å². The van der Waals surface area contributed by atoms with Gasteiger partial charge in [0.2, 0.25) is 5.91 Å². The molecule has 25 heavy (non-hydrogen) atoms. The molecule has 2 heterocycles. The minimum Gasteiger partial charge on any atom is -0.465 e. The second-order valence-corrected chi connectivity index (χ2v) is 5.81. The maximum Gasteiger partial charge on any atom is 0.389 e. The van der Waals surface area contributed by atoms with Crippen molar-refractivity contribution < 1.29 is 24.0 Å². The van der Waals surface area contributed by atoms with Gasteiger partial charge in [0.1, 0.15) is 11.5 Å². The fourth-order valence-corrected chi connectivity index (χ4v) is 3.10. The highest BCUT2D eigenvalue weighted by Gasteiger charge is 2.25. The number of nitrogens with two attached hydrogens (primary N) is 1. The molecule has 12 heteroatoms. The number of methoxy groups -OCH3 is 1. The average Bonchev–Trinajstić information content (AvgIpc) is 3.11. The summed E-state index contributed by atoms with van der Waals surface area (Å²) in [6, 6.07) is 1.15. The second-order valence-electron chi connectivity index (χ2n) is 4.79. The van der Waals surface area contributed by atoms with Gasteiger partial charge in [0, 0.05) is 0 Å². The second kappa shape index (κ2) is 7.09. The van der Waals surface area contributed by atoms with Crippen molar-refractivity contribution in [2.24, 2.45) is 5.73 Å². The fraction of sp³-hybridized carbons (Fsp3) is 0.231. The molecule has 0 bridgehead atoms. The predicted octanol–water partition coefficient (Wildman–Crippen LogP) is 0.685. The first kappa shape index (κ1) is 18.1. The molecule has 0 aliphatic carbocycles. The Kier molecular flexibility index (Phi) is 5.12. The first-order valence-electron chi connectivity index (χ1n) is 6.73. The van der Waals surface area contributed by atoms with Crippen LogP contribution in [0.3, 0.4) is 0 Å². The van der Waals surface area contributed by atoms with E-state index in [1.165, 1.54) is 13.1 Å². The largest absolute Gasteiger partial charge is 0.465 e. The molecule has 0 aromatic carbocycles. The topological polar surface area (TPSA) is 159 Å². The molecule has 0 atom stereocenters. The third-order valence-corrected chi connectivity index (χ3v) is 4.35. The molecule has 2 aromatic rings. The Balaban J connectivity index is 2.24. The first-order chi connectivity index (χ1) is 11.7. The number of carbonyl (C=O) groups is 3. The molecule has 11 nitrogen and oxygen atoms in total. The minimum absolute atomic E-state index is 0.0288. The standard InChI is InChI=1S/C13H13N5O6S/c1-6-9(13(21)24-2)12(25-10(6)11(14)20)15-8(19)5-17-4-3-7(16-17)18(22)23/h3-4H,5H2,1-2H3,(H2,14,20)(H,15,19). The summed E-state index contributed by atoms with van der Waals surface area (Å²) in [5.41, 5.74) is 5.58. The number of esters is 1. The van der Waals surface area contributed by atoms with Crippen LogP contribution in [-0.2, 0) is 16.1 Å². The molecular formula is C13H13N5O6S. The van der Waals surface area contributed by atoms with Gasteiger partial charge in [-0.05, 0) is 17.4 Å². The number of nitrogens with one attached hydrogen (secondary N) is 1. The third kappa shape index (κ3) is 3.80. The maximum atomic E-state index is 12.1. The highest BCUT2D eigenvalue weighted by atomic mass is 32.1. The molecule has 2 rings (SSSR count). The lowest BCUT2D eigenvalue weighted by atomic mass is 10.1. The van der Waals surface area contributed by atoms with Crippen molar-refractivity contribution >= 4 is 39.9 Å². The number of hydrogen-bond donors (Lipinski definition) is 2. The van der Waals surface area contributed by atoms with Gasteiger partial charge < -0.3 is 25.9 Å². The molecule has 3 N–H and O–H groups in total. The van der Waals surface area contributed by atoms with Crippen molar-refractivity contribution in [3.63, 3.8) is 0 Å². The minimum atomic E-state index is -0.740. The van der Waals surface area contributed by atoms with Gasteiger partial charge in [-0.1, -0.05) is 0 Å². The zero-order valence-corrected chi connectivity index (χ0v) is 14.0. The van der Waals surface area contributed by atoms with Crippen LogP contribution in [0.1, 0.15) is 25.6 Å². The Bertz CT molecular complexity index is 870. The van der Waals surface area contributed by atoms with Gasteiger partial charge >= 0.3 is 11.8 Å². The zero-order chi connectivity index (χ0) is 18.7. The summed E-state index contributed by atoms with van der Waals surface area (Å²) in [7, 11) is 1.16. The fourth-order valence-electron chi connectivity index (χ4n) is 2.03. The molecule has 132 valence electrons. The molecule has 0 unspecified atom stereocenters. The van der Waals surface area contributed by atoms with Gasteiger partial charge in [0.05, 0.1) is 34.9 Å². The van der Waals surface area contributed by atoms with Crippen LogP contribution < -0.4 is 11.1 Å². The Hall–Kier alpha value is -3.28. The number of nitro groups is 1. The summed E-state index contributed by atoms with van der Waals surface area (Å²) in [5.74, 6) is -2.46. The van der Waals surface area contributed by atoms with Gasteiger partial charge in [0.15, 0.2) is 0 Å². The molecule has 2 amide bonds. The van der Waals surface area contributed by atoms with Gasteiger partial charge in [0.25, 0.3) is 5.91 Å². The van der Waals surface area contributed by atoms with E-state index in [1.807, 2.05) is 0 Å². The number of ether oxygens (including phenoxy) is 1. The number of aromatic nitrogens is 2. The van der Waals surface area contributed by atoms with Gasteiger partial charge in [-0.25, -0.2) is 4.79 Å². The van der Waals surface area contributed by atoms with Crippen LogP contribution in [0.4, 0.5) is 10.8 Å². The summed E-state index contributed by atoms with van der Waals surface area (Å²) in [6.45, 7) is 1.19.